The average molecular weight is 675 g/mol. The van der Waals surface area contributed by atoms with Crippen molar-refractivity contribution in [2.45, 2.75) is 76.7 Å². The maximum Gasteiger partial charge on any atom is 0.326 e. The summed E-state index contributed by atoms with van der Waals surface area (Å²) in [5.74, 6) is -4.23. The van der Waals surface area contributed by atoms with Crippen LogP contribution in [0.2, 0.25) is 0 Å². The molecule has 1 heterocycles. The van der Waals surface area contributed by atoms with Crippen LogP contribution in [0.3, 0.4) is 0 Å². The lowest BCUT2D eigenvalue weighted by Gasteiger charge is -2.32. The highest BCUT2D eigenvalue weighted by atomic mass is 32.1. The molecule has 0 spiro atoms. The van der Waals surface area contributed by atoms with Gasteiger partial charge in [0.1, 0.15) is 24.2 Å². The number of H-pyrrole nitrogens is 1. The normalized spacial score (nSPS) is 14.4. The Balaban J connectivity index is 2.34. The summed E-state index contributed by atoms with van der Waals surface area (Å²) >= 11 is 4.05. The number of nitrogens with one attached hydrogen (secondary N) is 7. The molecule has 0 aliphatic carbocycles. The van der Waals surface area contributed by atoms with Gasteiger partial charge in [0.05, 0.1) is 18.1 Å². The third kappa shape index (κ3) is 13.3. The molecule has 0 unspecified atom stereocenters. The molecule has 1 aromatic heterocycles. The summed E-state index contributed by atoms with van der Waals surface area (Å²) in [6.07, 6.45) is 3.22. The number of thiol groups is 1. The van der Waals surface area contributed by atoms with E-state index in [-0.39, 0.29) is 43.9 Å². The van der Waals surface area contributed by atoms with Crippen molar-refractivity contribution in [3.63, 3.8) is 0 Å². The zero-order valence-electron chi connectivity index (χ0n) is 26.7. The number of imidazole rings is 1. The summed E-state index contributed by atoms with van der Waals surface area (Å²) in [5.41, 5.74) is 11.4. The van der Waals surface area contributed by atoms with Gasteiger partial charge in [-0.25, -0.2) is 9.78 Å². The molecule has 16 nitrogen and oxygen atoms in total. The smallest absolute Gasteiger partial charge is 0.326 e. The van der Waals surface area contributed by atoms with Crippen molar-refractivity contribution < 1.29 is 29.1 Å². The maximum absolute atomic E-state index is 13.8. The van der Waals surface area contributed by atoms with Crippen molar-refractivity contribution in [3.05, 3.63) is 54.1 Å². The Kier molecular flexibility index (Phi) is 15.2. The lowest BCUT2D eigenvalue weighted by atomic mass is 9.85. The van der Waals surface area contributed by atoms with Gasteiger partial charge in [-0.05, 0) is 23.8 Å². The zero-order valence-corrected chi connectivity index (χ0v) is 27.6. The van der Waals surface area contributed by atoms with Crippen LogP contribution in [0.15, 0.2) is 42.9 Å². The molecule has 0 radical (unpaired) electrons. The van der Waals surface area contributed by atoms with Crippen LogP contribution in [0.25, 0.3) is 0 Å². The number of carboxylic acids is 1. The molecule has 0 fully saturated rings. The van der Waals surface area contributed by atoms with E-state index in [1.165, 1.54) is 6.33 Å². The van der Waals surface area contributed by atoms with Gasteiger partial charge < -0.3 is 48.1 Å². The first-order valence-corrected chi connectivity index (χ1v) is 15.7. The first-order valence-electron chi connectivity index (χ1n) is 15.0. The Hall–Kier alpha value is -4.64. The van der Waals surface area contributed by atoms with Gasteiger partial charge in [0, 0.05) is 31.3 Å². The highest BCUT2D eigenvalue weighted by Gasteiger charge is 2.37. The molecule has 0 aliphatic heterocycles. The molecule has 258 valence electrons. The molecule has 0 aliphatic rings. The van der Waals surface area contributed by atoms with Crippen LogP contribution >= 0.6 is 12.6 Å². The highest BCUT2D eigenvalue weighted by Crippen LogP contribution is 2.20. The van der Waals surface area contributed by atoms with E-state index in [9.17, 15) is 29.1 Å². The minimum atomic E-state index is -1.29. The molecule has 4 amide bonds. The number of nitrogens with zero attached hydrogens (tertiary/aromatic N) is 1. The second kappa shape index (κ2) is 18.5. The number of hydrogen-bond acceptors (Lipinski definition) is 9. The maximum atomic E-state index is 13.8. The second-order valence-corrected chi connectivity index (χ2v) is 12.4. The van der Waals surface area contributed by atoms with Crippen molar-refractivity contribution in [1.29, 1.82) is 5.41 Å². The minimum absolute atomic E-state index is 0.0159. The number of rotatable bonds is 18. The monoisotopic (exact) mass is 674 g/mol. The number of aliphatic carboxylic acids is 1. The van der Waals surface area contributed by atoms with Crippen LogP contribution in [0.4, 0.5) is 0 Å². The standard InChI is InChI=1S/C30H46N10O6S/c1-30(2,3)23(40-24(41)19(31)15-47)27(44)39-22(13-18-14-34-16-36-18)26(43)38-21(12-17-8-5-4-6-9-17)25(42)37-20(28(45)46)10-7-11-35-29(32)33/h4-6,8-9,14,16,19-23,47H,7,10-13,15,31H2,1-3H3,(H,34,36)(H,37,42)(H,38,43)(H,39,44)(H,40,41)(H,45,46)(H4,32,33,35)/t19-,20-,21+,22-,23-/m0/s1. The minimum Gasteiger partial charge on any atom is -0.480 e. The molecule has 2 aromatic rings. The molecule has 0 bridgehead atoms. The number of carbonyl (C=O) groups is 5. The summed E-state index contributed by atoms with van der Waals surface area (Å²) < 4.78 is 0. The Morgan fingerprint density at radius 3 is 2.06 bits per heavy atom. The number of aromatic nitrogens is 2. The van der Waals surface area contributed by atoms with E-state index in [2.05, 4.69) is 49.2 Å². The number of benzene rings is 1. The summed E-state index contributed by atoms with van der Waals surface area (Å²) in [7, 11) is 0. The number of carbonyl (C=O) groups excluding carboxylic acids is 4. The molecule has 17 heteroatoms. The first-order chi connectivity index (χ1) is 22.1. The number of hydrogen-bond donors (Lipinski definition) is 11. The van der Waals surface area contributed by atoms with Crippen LogP contribution in [0.5, 0.6) is 0 Å². The van der Waals surface area contributed by atoms with Gasteiger partial charge in [0.25, 0.3) is 0 Å². The fourth-order valence-corrected chi connectivity index (χ4v) is 4.64. The average Bonchev–Trinajstić information content (AvgIpc) is 3.52. The van der Waals surface area contributed by atoms with E-state index in [0.717, 1.165) is 0 Å². The lowest BCUT2D eigenvalue weighted by Crippen LogP contribution is -2.61. The van der Waals surface area contributed by atoms with Crippen molar-refractivity contribution in [3.8, 4) is 0 Å². The van der Waals surface area contributed by atoms with E-state index in [0.29, 0.717) is 11.3 Å². The van der Waals surface area contributed by atoms with E-state index >= 15 is 0 Å². The number of aromatic amines is 1. The van der Waals surface area contributed by atoms with E-state index in [1.807, 2.05) is 0 Å². The molecular formula is C30H46N10O6S. The summed E-state index contributed by atoms with van der Waals surface area (Å²) in [6, 6.07) is 3.00. The van der Waals surface area contributed by atoms with Crippen molar-refractivity contribution in [2.75, 3.05) is 12.3 Å². The number of nitrogens with two attached hydrogens (primary N) is 2. The van der Waals surface area contributed by atoms with Gasteiger partial charge in [0.2, 0.25) is 23.6 Å². The van der Waals surface area contributed by atoms with E-state index in [1.54, 1.807) is 57.3 Å². The van der Waals surface area contributed by atoms with Gasteiger partial charge >= 0.3 is 5.97 Å². The summed E-state index contributed by atoms with van der Waals surface area (Å²) in [6.45, 7) is 5.44. The third-order valence-corrected chi connectivity index (χ3v) is 7.46. The molecule has 1 aromatic carbocycles. The van der Waals surface area contributed by atoms with Crippen LogP contribution in [-0.4, -0.2) is 93.1 Å². The summed E-state index contributed by atoms with van der Waals surface area (Å²) in [4.78, 5) is 72.5. The van der Waals surface area contributed by atoms with Gasteiger partial charge in [-0.2, -0.15) is 12.6 Å². The number of carboxylic acid groups (broad SMARTS) is 1. The van der Waals surface area contributed by atoms with Crippen molar-refractivity contribution in [1.82, 2.24) is 36.6 Å². The quantitative estimate of drug-likeness (QED) is 0.0388. The van der Waals surface area contributed by atoms with Crippen LogP contribution in [-0.2, 0) is 36.8 Å². The molecule has 0 saturated heterocycles. The van der Waals surface area contributed by atoms with Crippen LogP contribution in [0.1, 0.15) is 44.9 Å². The highest BCUT2D eigenvalue weighted by molar-refractivity contribution is 7.80. The molecule has 47 heavy (non-hydrogen) atoms. The SMILES string of the molecule is CC(C)(C)[C@@H](NC(=O)[C@@H](N)CS)C(=O)N[C@@H](Cc1c[nH]cn1)C(=O)N[C@H](Cc1ccccc1)C(=O)N[C@@H](CCCNC(=N)N)C(=O)O. The third-order valence-electron chi connectivity index (χ3n) is 7.06. The van der Waals surface area contributed by atoms with Crippen LogP contribution < -0.4 is 38.1 Å². The van der Waals surface area contributed by atoms with Gasteiger partial charge in [-0.1, -0.05) is 51.1 Å². The summed E-state index contributed by atoms with van der Waals surface area (Å²) in [5, 5.41) is 30.1. The Labute approximate surface area is 278 Å². The molecule has 2 rings (SSSR count). The van der Waals surface area contributed by atoms with Gasteiger partial charge in [-0.15, -0.1) is 0 Å². The topological polar surface area (TPSA) is 270 Å². The fraction of sp³-hybridized carbons (Fsp3) is 0.500. The number of guanidine groups is 1. The molecule has 12 N–H and O–H groups in total. The molecular weight excluding hydrogens is 628 g/mol. The number of amides is 4. The Morgan fingerprint density at radius 2 is 1.53 bits per heavy atom. The molecule has 0 saturated carbocycles. The molecule has 5 atom stereocenters. The Bertz CT molecular complexity index is 1350. The van der Waals surface area contributed by atoms with E-state index < -0.39 is 65.2 Å². The predicted molar refractivity (Wildman–Crippen MR) is 178 cm³/mol. The van der Waals surface area contributed by atoms with Crippen molar-refractivity contribution in [2.24, 2.45) is 16.9 Å². The van der Waals surface area contributed by atoms with E-state index in [4.69, 9.17) is 16.9 Å². The van der Waals surface area contributed by atoms with Gasteiger partial charge in [0.15, 0.2) is 5.96 Å². The lowest BCUT2D eigenvalue weighted by molar-refractivity contribution is -0.142. The van der Waals surface area contributed by atoms with Crippen molar-refractivity contribution >= 4 is 48.2 Å². The van der Waals surface area contributed by atoms with Gasteiger partial charge in [-0.3, -0.25) is 24.6 Å². The zero-order chi connectivity index (χ0) is 35.1. The second-order valence-electron chi connectivity index (χ2n) is 12.1. The Morgan fingerprint density at radius 1 is 0.936 bits per heavy atom. The predicted octanol–water partition coefficient (Wildman–Crippen LogP) is -1.21. The van der Waals surface area contributed by atoms with Crippen LogP contribution in [0, 0.1) is 10.8 Å². The fourth-order valence-electron chi connectivity index (χ4n) is 4.47. The largest absolute Gasteiger partial charge is 0.480 e. The first kappa shape index (κ1) is 38.5.